The van der Waals surface area contributed by atoms with Gasteiger partial charge in [-0.15, -0.1) is 0 Å². The summed E-state index contributed by atoms with van der Waals surface area (Å²) < 4.78 is 25.4. The number of carbonyl (C=O) groups excluding carboxylic acids is 1. The van der Waals surface area contributed by atoms with Crippen molar-refractivity contribution in [1.82, 2.24) is 9.62 Å². The molecule has 0 fully saturated rings. The number of benzene rings is 1. The minimum Gasteiger partial charge on any atom is -0.349 e. The molecule has 1 atom stereocenters. The Hall–Kier alpha value is -1.40. The molecular formula is C15H24N2O3S. The Morgan fingerprint density at radius 3 is 2.19 bits per heavy atom. The lowest BCUT2D eigenvalue weighted by Gasteiger charge is -2.19. The van der Waals surface area contributed by atoms with Crippen molar-refractivity contribution in [3.05, 3.63) is 35.4 Å². The number of aryl methyl sites for hydroxylation is 1. The average Bonchev–Trinajstić information content (AvgIpc) is 2.39. The molecule has 1 unspecified atom stereocenters. The molecule has 21 heavy (non-hydrogen) atoms. The third kappa shape index (κ3) is 5.13. The first-order valence-electron chi connectivity index (χ1n) is 7.13. The predicted molar refractivity (Wildman–Crippen MR) is 84.4 cm³/mol. The molecule has 0 saturated heterocycles. The first kappa shape index (κ1) is 17.7. The molecule has 0 aliphatic rings. The molecule has 0 aliphatic heterocycles. The van der Waals surface area contributed by atoms with Crippen molar-refractivity contribution in [3.8, 4) is 0 Å². The number of hydrogen-bond donors (Lipinski definition) is 1. The van der Waals surface area contributed by atoms with Crippen LogP contribution in [0.25, 0.3) is 0 Å². The molecule has 0 aromatic heterocycles. The maximum atomic E-state index is 12.0. The van der Waals surface area contributed by atoms with Gasteiger partial charge in [-0.25, -0.2) is 12.7 Å². The SMILES string of the molecule is CCN(CC)S(=O)(=O)CC(=O)NC(C)c1ccc(C)cc1. The van der Waals surface area contributed by atoms with Crippen molar-refractivity contribution >= 4 is 15.9 Å². The van der Waals surface area contributed by atoms with Crippen LogP contribution in [0.1, 0.15) is 37.9 Å². The fourth-order valence-electron chi connectivity index (χ4n) is 2.10. The Balaban J connectivity index is 2.67. The maximum absolute atomic E-state index is 12.0. The van der Waals surface area contributed by atoms with E-state index in [0.29, 0.717) is 13.1 Å². The fourth-order valence-corrected chi connectivity index (χ4v) is 3.48. The number of nitrogens with zero attached hydrogens (tertiary/aromatic N) is 1. The van der Waals surface area contributed by atoms with E-state index in [-0.39, 0.29) is 6.04 Å². The van der Waals surface area contributed by atoms with Gasteiger partial charge in [0.25, 0.3) is 0 Å². The molecule has 0 heterocycles. The van der Waals surface area contributed by atoms with Crippen LogP contribution in [0.5, 0.6) is 0 Å². The van der Waals surface area contributed by atoms with Gasteiger partial charge in [0, 0.05) is 13.1 Å². The van der Waals surface area contributed by atoms with Crippen molar-refractivity contribution in [2.75, 3.05) is 18.8 Å². The summed E-state index contributed by atoms with van der Waals surface area (Å²) in [6, 6.07) is 7.57. The Kier molecular flexibility index (Phi) is 6.36. The third-order valence-corrected chi connectivity index (χ3v) is 5.30. The number of sulfonamides is 1. The highest BCUT2D eigenvalue weighted by Gasteiger charge is 2.23. The molecule has 0 radical (unpaired) electrons. The first-order chi connectivity index (χ1) is 9.80. The summed E-state index contributed by atoms with van der Waals surface area (Å²) in [4.78, 5) is 11.9. The van der Waals surface area contributed by atoms with Gasteiger partial charge >= 0.3 is 0 Å². The predicted octanol–water partition coefficient (Wildman–Crippen LogP) is 1.84. The third-order valence-electron chi connectivity index (χ3n) is 3.37. The van der Waals surface area contributed by atoms with Crippen LogP contribution in [0.15, 0.2) is 24.3 Å². The van der Waals surface area contributed by atoms with Gasteiger partial charge in [-0.05, 0) is 19.4 Å². The van der Waals surface area contributed by atoms with Gasteiger partial charge in [-0.2, -0.15) is 0 Å². The maximum Gasteiger partial charge on any atom is 0.237 e. The van der Waals surface area contributed by atoms with Gasteiger partial charge in [-0.1, -0.05) is 43.7 Å². The van der Waals surface area contributed by atoms with E-state index in [1.807, 2.05) is 38.1 Å². The van der Waals surface area contributed by atoms with Gasteiger partial charge in [0.05, 0.1) is 6.04 Å². The molecule has 5 nitrogen and oxygen atoms in total. The summed E-state index contributed by atoms with van der Waals surface area (Å²) >= 11 is 0. The number of hydrogen-bond acceptors (Lipinski definition) is 3. The van der Waals surface area contributed by atoms with Crippen LogP contribution >= 0.6 is 0 Å². The van der Waals surface area contributed by atoms with Crippen molar-refractivity contribution in [2.24, 2.45) is 0 Å². The van der Waals surface area contributed by atoms with Gasteiger partial charge in [0.1, 0.15) is 5.75 Å². The fraction of sp³-hybridized carbons (Fsp3) is 0.533. The summed E-state index contributed by atoms with van der Waals surface area (Å²) in [5.41, 5.74) is 2.09. The normalized spacial score (nSPS) is 13.2. The van der Waals surface area contributed by atoms with Crippen LogP contribution in [-0.2, 0) is 14.8 Å². The van der Waals surface area contributed by atoms with Crippen LogP contribution in [0, 0.1) is 6.92 Å². The zero-order chi connectivity index (χ0) is 16.0. The Morgan fingerprint density at radius 1 is 1.19 bits per heavy atom. The molecule has 1 aromatic carbocycles. The highest BCUT2D eigenvalue weighted by Crippen LogP contribution is 2.13. The van der Waals surface area contributed by atoms with E-state index in [1.54, 1.807) is 13.8 Å². The molecule has 6 heteroatoms. The van der Waals surface area contributed by atoms with Crippen LogP contribution in [0.2, 0.25) is 0 Å². The lowest BCUT2D eigenvalue weighted by atomic mass is 10.1. The molecule has 1 rings (SSSR count). The van der Waals surface area contributed by atoms with Crippen molar-refractivity contribution in [3.63, 3.8) is 0 Å². The molecule has 0 spiro atoms. The highest BCUT2D eigenvalue weighted by molar-refractivity contribution is 7.89. The lowest BCUT2D eigenvalue weighted by molar-refractivity contribution is -0.119. The highest BCUT2D eigenvalue weighted by atomic mass is 32.2. The standard InChI is InChI=1S/C15H24N2O3S/c1-5-17(6-2)21(19,20)11-15(18)16-13(4)14-9-7-12(3)8-10-14/h7-10,13H,5-6,11H2,1-4H3,(H,16,18). The number of nitrogens with one attached hydrogen (secondary N) is 1. The summed E-state index contributed by atoms with van der Waals surface area (Å²) in [6.45, 7) is 8.09. The van der Waals surface area contributed by atoms with E-state index in [1.165, 1.54) is 4.31 Å². The monoisotopic (exact) mass is 312 g/mol. The summed E-state index contributed by atoms with van der Waals surface area (Å²) in [5, 5.41) is 2.73. The summed E-state index contributed by atoms with van der Waals surface area (Å²) in [5.74, 6) is -0.986. The molecule has 118 valence electrons. The van der Waals surface area contributed by atoms with Gasteiger partial charge in [-0.3, -0.25) is 4.79 Å². The molecule has 0 aliphatic carbocycles. The number of carbonyl (C=O) groups is 1. The topological polar surface area (TPSA) is 66.5 Å². The molecule has 1 amide bonds. The van der Waals surface area contributed by atoms with Gasteiger partial charge in [0.15, 0.2) is 0 Å². The second-order valence-corrected chi connectivity index (χ2v) is 7.01. The largest absolute Gasteiger partial charge is 0.349 e. The van der Waals surface area contributed by atoms with Crippen LogP contribution in [-0.4, -0.2) is 37.5 Å². The van der Waals surface area contributed by atoms with Crippen molar-refractivity contribution < 1.29 is 13.2 Å². The van der Waals surface area contributed by atoms with Crippen LogP contribution < -0.4 is 5.32 Å². The zero-order valence-electron chi connectivity index (χ0n) is 13.1. The Labute approximate surface area is 127 Å². The first-order valence-corrected chi connectivity index (χ1v) is 8.74. The minimum absolute atomic E-state index is 0.218. The quantitative estimate of drug-likeness (QED) is 0.835. The molecule has 1 aromatic rings. The molecular weight excluding hydrogens is 288 g/mol. The second kappa shape index (κ2) is 7.56. The Bertz CT molecular complexity index is 563. The number of amides is 1. The zero-order valence-corrected chi connectivity index (χ0v) is 13.9. The van der Waals surface area contributed by atoms with E-state index < -0.39 is 21.7 Å². The van der Waals surface area contributed by atoms with E-state index >= 15 is 0 Å². The number of rotatable bonds is 7. The Morgan fingerprint density at radius 2 is 1.71 bits per heavy atom. The smallest absolute Gasteiger partial charge is 0.237 e. The molecule has 0 saturated carbocycles. The lowest BCUT2D eigenvalue weighted by Crippen LogP contribution is -2.39. The van der Waals surface area contributed by atoms with Crippen LogP contribution in [0.4, 0.5) is 0 Å². The average molecular weight is 312 g/mol. The van der Waals surface area contributed by atoms with Crippen molar-refractivity contribution in [2.45, 2.75) is 33.7 Å². The molecule has 0 bridgehead atoms. The van der Waals surface area contributed by atoms with Crippen molar-refractivity contribution in [1.29, 1.82) is 0 Å². The van der Waals surface area contributed by atoms with Gasteiger partial charge in [0.2, 0.25) is 15.9 Å². The summed E-state index contributed by atoms with van der Waals surface area (Å²) in [6.07, 6.45) is 0. The van der Waals surface area contributed by atoms with Crippen LogP contribution in [0.3, 0.4) is 0 Å². The second-order valence-electron chi connectivity index (χ2n) is 5.04. The van der Waals surface area contributed by atoms with E-state index in [0.717, 1.165) is 11.1 Å². The van der Waals surface area contributed by atoms with E-state index in [4.69, 9.17) is 0 Å². The van der Waals surface area contributed by atoms with E-state index in [9.17, 15) is 13.2 Å². The minimum atomic E-state index is -3.53. The van der Waals surface area contributed by atoms with Gasteiger partial charge < -0.3 is 5.32 Å². The summed E-state index contributed by atoms with van der Waals surface area (Å²) in [7, 11) is -3.53. The van der Waals surface area contributed by atoms with E-state index in [2.05, 4.69) is 5.32 Å². The molecule has 1 N–H and O–H groups in total.